The van der Waals surface area contributed by atoms with E-state index in [1.54, 1.807) is 0 Å². The van der Waals surface area contributed by atoms with Crippen LogP contribution in [0.25, 0.3) is 6.08 Å². The molecule has 1 heteroatoms. The first-order valence-corrected chi connectivity index (χ1v) is 3.75. The van der Waals surface area contributed by atoms with Gasteiger partial charge in [0.1, 0.15) is 0 Å². The molecule has 58 valence electrons. The Hall–Kier alpha value is -1.11. The van der Waals surface area contributed by atoms with Gasteiger partial charge in [-0.2, -0.15) is 0 Å². The van der Waals surface area contributed by atoms with Crippen molar-refractivity contribution in [2.75, 3.05) is 0 Å². The number of allylic oxidation sites excluding steroid dienone is 1. The molecule has 0 aliphatic carbocycles. The highest BCUT2D eigenvalue weighted by atomic mass is 14.6. The fourth-order valence-corrected chi connectivity index (χ4v) is 0.938. The smallest absolute Gasteiger partial charge is 0.0342 e. The summed E-state index contributed by atoms with van der Waals surface area (Å²) in [6.07, 6.45) is 5.85. The Morgan fingerprint density at radius 1 is 1.45 bits per heavy atom. The van der Waals surface area contributed by atoms with Crippen molar-refractivity contribution in [1.29, 1.82) is 0 Å². The molecule has 0 amide bonds. The maximum Gasteiger partial charge on any atom is 0.0342 e. The van der Waals surface area contributed by atoms with Crippen LogP contribution in [0.2, 0.25) is 0 Å². The molecule has 0 aliphatic rings. The Morgan fingerprint density at radius 2 is 2.18 bits per heavy atom. The molecule has 0 spiro atoms. The number of aromatic nitrogens is 1. The standard InChI is InChI=1S/C10H13N/c1-8(2)6-10-7-11-5-4-9(10)3/h4-7H,1-3H3. The average Bonchev–Trinajstić information content (AvgIpc) is 1.93. The Labute approximate surface area is 67.8 Å². The monoisotopic (exact) mass is 147 g/mol. The highest BCUT2D eigenvalue weighted by Crippen LogP contribution is 2.09. The first kappa shape index (κ1) is 7.99. The van der Waals surface area contributed by atoms with Gasteiger partial charge in [0.05, 0.1) is 0 Å². The van der Waals surface area contributed by atoms with Gasteiger partial charge >= 0.3 is 0 Å². The molecule has 1 heterocycles. The second-order valence-corrected chi connectivity index (χ2v) is 2.95. The SMILES string of the molecule is CC(C)=Cc1cnccc1C. The van der Waals surface area contributed by atoms with E-state index in [4.69, 9.17) is 0 Å². The highest BCUT2D eigenvalue weighted by Gasteiger charge is 1.91. The Bertz CT molecular complexity index is 270. The van der Waals surface area contributed by atoms with Crippen LogP contribution in [-0.2, 0) is 0 Å². The molecule has 0 saturated heterocycles. The quantitative estimate of drug-likeness (QED) is 0.595. The van der Waals surface area contributed by atoms with E-state index in [0.29, 0.717) is 0 Å². The van der Waals surface area contributed by atoms with Crippen LogP contribution in [0.15, 0.2) is 24.0 Å². The zero-order chi connectivity index (χ0) is 8.27. The lowest BCUT2D eigenvalue weighted by Crippen LogP contribution is -1.81. The van der Waals surface area contributed by atoms with Crippen molar-refractivity contribution in [3.8, 4) is 0 Å². The molecular formula is C10H13N. The zero-order valence-electron chi connectivity index (χ0n) is 7.26. The molecule has 0 aromatic carbocycles. The first-order chi connectivity index (χ1) is 5.20. The van der Waals surface area contributed by atoms with E-state index in [-0.39, 0.29) is 0 Å². The second-order valence-electron chi connectivity index (χ2n) is 2.95. The van der Waals surface area contributed by atoms with Gasteiger partial charge in [-0.25, -0.2) is 0 Å². The first-order valence-electron chi connectivity index (χ1n) is 3.75. The molecule has 0 radical (unpaired) electrons. The Kier molecular flexibility index (Phi) is 2.42. The number of pyridine rings is 1. The van der Waals surface area contributed by atoms with Gasteiger partial charge in [0.15, 0.2) is 0 Å². The normalized spacial score (nSPS) is 9.36. The van der Waals surface area contributed by atoms with Crippen molar-refractivity contribution in [2.45, 2.75) is 20.8 Å². The van der Waals surface area contributed by atoms with Crippen LogP contribution in [0.4, 0.5) is 0 Å². The number of nitrogens with zero attached hydrogens (tertiary/aromatic N) is 1. The van der Waals surface area contributed by atoms with Crippen LogP contribution < -0.4 is 0 Å². The van der Waals surface area contributed by atoms with E-state index >= 15 is 0 Å². The molecule has 0 aliphatic heterocycles. The van der Waals surface area contributed by atoms with Crippen molar-refractivity contribution >= 4 is 6.08 Å². The molecule has 11 heavy (non-hydrogen) atoms. The van der Waals surface area contributed by atoms with Crippen LogP contribution in [0, 0.1) is 6.92 Å². The molecule has 1 aromatic rings. The van der Waals surface area contributed by atoms with Gasteiger partial charge in [-0.05, 0) is 38.0 Å². The minimum absolute atomic E-state index is 1.22. The lowest BCUT2D eigenvalue weighted by atomic mass is 10.1. The van der Waals surface area contributed by atoms with Gasteiger partial charge in [-0.1, -0.05) is 11.6 Å². The van der Waals surface area contributed by atoms with Gasteiger partial charge in [-0.3, -0.25) is 4.98 Å². The topological polar surface area (TPSA) is 12.9 Å². The molecule has 0 bridgehead atoms. The molecule has 0 unspecified atom stereocenters. The van der Waals surface area contributed by atoms with Gasteiger partial charge < -0.3 is 0 Å². The summed E-state index contributed by atoms with van der Waals surface area (Å²) in [4.78, 5) is 4.05. The lowest BCUT2D eigenvalue weighted by molar-refractivity contribution is 1.26. The molecular weight excluding hydrogens is 134 g/mol. The lowest BCUT2D eigenvalue weighted by Gasteiger charge is -1.98. The molecule has 1 aromatic heterocycles. The summed E-state index contributed by atoms with van der Waals surface area (Å²) in [5.41, 5.74) is 3.80. The van der Waals surface area contributed by atoms with Crippen molar-refractivity contribution in [2.24, 2.45) is 0 Å². The number of hydrogen-bond acceptors (Lipinski definition) is 1. The predicted molar refractivity (Wildman–Crippen MR) is 48.3 cm³/mol. The third kappa shape index (κ3) is 2.19. The summed E-state index contributed by atoms with van der Waals surface area (Å²) in [5.74, 6) is 0. The summed E-state index contributed by atoms with van der Waals surface area (Å²) in [6.45, 7) is 6.27. The number of aryl methyl sites for hydroxylation is 1. The van der Waals surface area contributed by atoms with E-state index in [9.17, 15) is 0 Å². The summed E-state index contributed by atoms with van der Waals surface area (Å²) in [5, 5.41) is 0. The van der Waals surface area contributed by atoms with E-state index < -0.39 is 0 Å². The summed E-state index contributed by atoms with van der Waals surface area (Å²) < 4.78 is 0. The maximum atomic E-state index is 4.05. The third-order valence-electron chi connectivity index (χ3n) is 1.52. The maximum absolute atomic E-state index is 4.05. The molecule has 0 saturated carbocycles. The zero-order valence-corrected chi connectivity index (χ0v) is 7.26. The van der Waals surface area contributed by atoms with Gasteiger partial charge in [0.2, 0.25) is 0 Å². The van der Waals surface area contributed by atoms with E-state index in [1.807, 2.05) is 18.5 Å². The van der Waals surface area contributed by atoms with Crippen molar-refractivity contribution in [3.63, 3.8) is 0 Å². The second kappa shape index (κ2) is 3.33. The fraction of sp³-hybridized carbons (Fsp3) is 0.300. The minimum atomic E-state index is 1.22. The molecule has 1 rings (SSSR count). The predicted octanol–water partition coefficient (Wildman–Crippen LogP) is 2.81. The minimum Gasteiger partial charge on any atom is -0.264 e. The van der Waals surface area contributed by atoms with E-state index in [2.05, 4.69) is 31.8 Å². The van der Waals surface area contributed by atoms with E-state index in [0.717, 1.165) is 0 Å². The van der Waals surface area contributed by atoms with Gasteiger partial charge in [-0.15, -0.1) is 0 Å². The van der Waals surface area contributed by atoms with Crippen LogP contribution in [0.5, 0.6) is 0 Å². The fourth-order valence-electron chi connectivity index (χ4n) is 0.938. The summed E-state index contributed by atoms with van der Waals surface area (Å²) in [7, 11) is 0. The summed E-state index contributed by atoms with van der Waals surface area (Å²) >= 11 is 0. The molecule has 0 fully saturated rings. The average molecular weight is 147 g/mol. The Balaban J connectivity index is 3.04. The van der Waals surface area contributed by atoms with Gasteiger partial charge in [0, 0.05) is 12.4 Å². The molecule has 0 atom stereocenters. The van der Waals surface area contributed by atoms with Crippen molar-refractivity contribution in [3.05, 3.63) is 35.2 Å². The van der Waals surface area contributed by atoms with Crippen molar-refractivity contribution in [1.82, 2.24) is 4.98 Å². The van der Waals surface area contributed by atoms with E-state index in [1.165, 1.54) is 16.7 Å². The van der Waals surface area contributed by atoms with Crippen LogP contribution in [0.1, 0.15) is 25.0 Å². The van der Waals surface area contributed by atoms with Crippen LogP contribution >= 0.6 is 0 Å². The van der Waals surface area contributed by atoms with Crippen LogP contribution in [0.3, 0.4) is 0 Å². The summed E-state index contributed by atoms with van der Waals surface area (Å²) in [6, 6.07) is 2.02. The molecule has 1 nitrogen and oxygen atoms in total. The highest BCUT2D eigenvalue weighted by molar-refractivity contribution is 5.54. The Morgan fingerprint density at radius 3 is 2.73 bits per heavy atom. The number of rotatable bonds is 1. The third-order valence-corrected chi connectivity index (χ3v) is 1.52. The van der Waals surface area contributed by atoms with Crippen molar-refractivity contribution < 1.29 is 0 Å². The van der Waals surface area contributed by atoms with Gasteiger partial charge in [0.25, 0.3) is 0 Å². The largest absolute Gasteiger partial charge is 0.264 e. The molecule has 0 N–H and O–H groups in total. The van der Waals surface area contributed by atoms with Crippen LogP contribution in [-0.4, -0.2) is 4.98 Å². The number of hydrogen-bond donors (Lipinski definition) is 0.